The first-order chi connectivity index (χ1) is 13.3. The van der Waals surface area contributed by atoms with Gasteiger partial charge in [0.2, 0.25) is 0 Å². The monoisotopic (exact) mass is 381 g/mol. The van der Waals surface area contributed by atoms with E-state index in [0.29, 0.717) is 28.5 Å². The first-order valence-electron chi connectivity index (χ1n) is 8.55. The lowest BCUT2D eigenvalue weighted by Crippen LogP contribution is -2.28. The molecule has 0 atom stereocenters. The number of halogens is 3. The Morgan fingerprint density at radius 3 is 2.39 bits per heavy atom. The molecule has 0 spiro atoms. The van der Waals surface area contributed by atoms with Gasteiger partial charge >= 0.3 is 6.18 Å². The maximum Gasteiger partial charge on any atom is 0.416 e. The first kappa shape index (κ1) is 19.5. The fourth-order valence-electron chi connectivity index (χ4n) is 2.68. The van der Waals surface area contributed by atoms with E-state index in [4.69, 9.17) is 0 Å². The van der Waals surface area contributed by atoms with E-state index in [0.717, 1.165) is 29.0 Å². The smallest absolute Gasteiger partial charge is 0.249 e. The highest BCUT2D eigenvalue weighted by Crippen LogP contribution is 2.29. The molecule has 0 radical (unpaired) electrons. The molecule has 0 bridgehead atoms. The van der Waals surface area contributed by atoms with E-state index in [1.54, 1.807) is 18.3 Å². The number of rotatable bonds is 4. The van der Waals surface area contributed by atoms with Crippen molar-refractivity contribution < 1.29 is 13.2 Å². The number of aromatic nitrogens is 3. The molecule has 3 nitrogen and oxygen atoms in total. The Morgan fingerprint density at radius 1 is 1.04 bits per heavy atom. The largest absolute Gasteiger partial charge is 0.416 e. The Balaban J connectivity index is 1.94. The van der Waals surface area contributed by atoms with Gasteiger partial charge in [0.25, 0.3) is 0 Å². The summed E-state index contributed by atoms with van der Waals surface area (Å²) in [5.41, 5.74) is 2.37. The second-order valence-electron chi connectivity index (χ2n) is 6.34. The van der Waals surface area contributed by atoms with Gasteiger partial charge < -0.3 is 0 Å². The van der Waals surface area contributed by atoms with Crippen LogP contribution in [0.1, 0.15) is 22.4 Å². The van der Waals surface area contributed by atoms with E-state index in [2.05, 4.69) is 28.1 Å². The maximum absolute atomic E-state index is 12.7. The molecular weight excluding hydrogens is 363 g/mol. The summed E-state index contributed by atoms with van der Waals surface area (Å²) in [6, 6.07) is 8.84. The number of nitrogens with zero attached hydrogens (tertiary/aromatic N) is 3. The Bertz CT molecular complexity index is 1120. The summed E-state index contributed by atoms with van der Waals surface area (Å²) in [4.78, 5) is 13.4. The minimum Gasteiger partial charge on any atom is -0.249 e. The maximum atomic E-state index is 12.7. The minimum absolute atomic E-state index is 0.414. The second-order valence-corrected chi connectivity index (χ2v) is 6.34. The van der Waals surface area contributed by atoms with Crippen molar-refractivity contribution in [3.8, 4) is 11.5 Å². The zero-order valence-electron chi connectivity index (χ0n) is 15.3. The van der Waals surface area contributed by atoms with Gasteiger partial charge in [-0.1, -0.05) is 37.4 Å². The van der Waals surface area contributed by atoms with Crippen LogP contribution in [0.15, 0.2) is 55.3 Å². The van der Waals surface area contributed by atoms with Gasteiger partial charge in [0.15, 0.2) is 5.82 Å². The van der Waals surface area contributed by atoms with Gasteiger partial charge in [0, 0.05) is 23.5 Å². The zero-order valence-corrected chi connectivity index (χ0v) is 15.3. The molecule has 2 aromatic heterocycles. The first-order valence-corrected chi connectivity index (χ1v) is 8.55. The van der Waals surface area contributed by atoms with E-state index in [1.807, 2.05) is 19.1 Å². The van der Waals surface area contributed by atoms with Crippen LogP contribution in [0.3, 0.4) is 0 Å². The molecule has 0 aliphatic heterocycles. The van der Waals surface area contributed by atoms with Crippen molar-refractivity contribution in [1.82, 2.24) is 15.0 Å². The van der Waals surface area contributed by atoms with Crippen LogP contribution in [0.4, 0.5) is 13.2 Å². The number of alkyl halides is 3. The molecule has 0 unspecified atom stereocenters. The quantitative estimate of drug-likeness (QED) is 0.689. The number of pyridine rings is 1. The normalized spacial score (nSPS) is 12.2. The van der Waals surface area contributed by atoms with E-state index in [1.165, 1.54) is 12.1 Å². The van der Waals surface area contributed by atoms with Crippen LogP contribution in [-0.2, 0) is 12.6 Å². The fraction of sp³-hybridized carbons (Fsp3) is 0.136. The molecule has 1 aromatic carbocycles. The SMILES string of the molecule is C=C/C=c1/nc(-c2ccc(C)c(Cc3ccc(C(F)(F)F)cc3)n2)ncc1=C. The summed E-state index contributed by atoms with van der Waals surface area (Å²) in [7, 11) is 0. The summed E-state index contributed by atoms with van der Waals surface area (Å²) in [6.45, 7) is 9.45. The van der Waals surface area contributed by atoms with Crippen molar-refractivity contribution in [2.24, 2.45) is 0 Å². The van der Waals surface area contributed by atoms with Crippen LogP contribution < -0.4 is 10.6 Å². The van der Waals surface area contributed by atoms with Crippen molar-refractivity contribution in [3.05, 3.63) is 88.2 Å². The van der Waals surface area contributed by atoms with Gasteiger partial charge in [-0.3, -0.25) is 0 Å². The van der Waals surface area contributed by atoms with Gasteiger partial charge in [-0.25, -0.2) is 15.0 Å². The molecule has 0 N–H and O–H groups in total. The third-order valence-electron chi connectivity index (χ3n) is 4.26. The Labute approximate surface area is 160 Å². The summed E-state index contributed by atoms with van der Waals surface area (Å²) in [5, 5.41) is 1.34. The molecule has 142 valence electrons. The van der Waals surface area contributed by atoms with E-state index in [-0.39, 0.29) is 0 Å². The third-order valence-corrected chi connectivity index (χ3v) is 4.26. The van der Waals surface area contributed by atoms with Crippen molar-refractivity contribution in [2.75, 3.05) is 0 Å². The summed E-state index contributed by atoms with van der Waals surface area (Å²) in [5.74, 6) is 0.453. The topological polar surface area (TPSA) is 38.7 Å². The Kier molecular flexibility index (Phi) is 5.40. The minimum atomic E-state index is -4.34. The van der Waals surface area contributed by atoms with Crippen molar-refractivity contribution in [1.29, 1.82) is 0 Å². The molecule has 0 saturated carbocycles. The number of aryl methyl sites for hydroxylation is 1. The zero-order chi connectivity index (χ0) is 20.3. The molecule has 3 rings (SSSR count). The third kappa shape index (κ3) is 4.34. The summed E-state index contributed by atoms with van der Waals surface area (Å²) < 4.78 is 38.2. The van der Waals surface area contributed by atoms with Crippen molar-refractivity contribution >= 4 is 12.7 Å². The van der Waals surface area contributed by atoms with Crippen molar-refractivity contribution in [2.45, 2.75) is 19.5 Å². The highest BCUT2D eigenvalue weighted by Gasteiger charge is 2.29. The molecule has 0 fully saturated rings. The standard InChI is InChI=1S/C22H18F3N3/c1-4-5-18-15(3)13-26-21(28-18)19-11-6-14(2)20(27-19)12-16-7-9-17(10-8-16)22(23,24)25/h4-11,13H,1,3,12H2,2H3/b18-5+. The van der Waals surface area contributed by atoms with Crippen LogP contribution in [0.5, 0.6) is 0 Å². The molecule has 0 aliphatic carbocycles. The highest BCUT2D eigenvalue weighted by atomic mass is 19.4. The molecule has 0 saturated heterocycles. The van der Waals surface area contributed by atoms with Gasteiger partial charge in [0.1, 0.15) is 5.69 Å². The van der Waals surface area contributed by atoms with E-state index >= 15 is 0 Å². The predicted octanol–water partition coefficient (Wildman–Crippen LogP) is 3.83. The fourth-order valence-corrected chi connectivity index (χ4v) is 2.68. The van der Waals surface area contributed by atoms with Crippen LogP contribution >= 0.6 is 0 Å². The lowest BCUT2D eigenvalue weighted by Gasteiger charge is -2.10. The summed E-state index contributed by atoms with van der Waals surface area (Å²) >= 11 is 0. The molecule has 0 aliphatic rings. The van der Waals surface area contributed by atoms with Gasteiger partial charge in [-0.15, -0.1) is 0 Å². The average Bonchev–Trinajstić information content (AvgIpc) is 2.65. The Morgan fingerprint density at radius 2 is 1.75 bits per heavy atom. The predicted molar refractivity (Wildman–Crippen MR) is 104 cm³/mol. The molecule has 0 amide bonds. The second kappa shape index (κ2) is 7.76. The van der Waals surface area contributed by atoms with Gasteiger partial charge in [-0.05, 0) is 42.3 Å². The van der Waals surface area contributed by atoms with E-state index in [9.17, 15) is 13.2 Å². The molecule has 28 heavy (non-hydrogen) atoms. The van der Waals surface area contributed by atoms with Crippen LogP contribution in [0.2, 0.25) is 0 Å². The lowest BCUT2D eigenvalue weighted by atomic mass is 10.0. The number of allylic oxidation sites excluding steroid dienone is 1. The van der Waals surface area contributed by atoms with Crippen LogP contribution in [0, 0.1) is 6.92 Å². The van der Waals surface area contributed by atoms with E-state index < -0.39 is 11.7 Å². The highest BCUT2D eigenvalue weighted by molar-refractivity contribution is 5.51. The molecule has 2 heterocycles. The number of benzene rings is 1. The molecule has 6 heteroatoms. The van der Waals surface area contributed by atoms with Gasteiger partial charge in [-0.2, -0.15) is 13.2 Å². The van der Waals surface area contributed by atoms with Crippen molar-refractivity contribution in [3.63, 3.8) is 0 Å². The lowest BCUT2D eigenvalue weighted by molar-refractivity contribution is -0.137. The van der Waals surface area contributed by atoms with Crippen LogP contribution in [-0.4, -0.2) is 15.0 Å². The summed E-state index contributed by atoms with van der Waals surface area (Å²) in [6.07, 6.45) is 1.06. The number of hydrogen-bond donors (Lipinski definition) is 0. The molecule has 3 aromatic rings. The Hall–Kier alpha value is -3.28. The molecular formula is C22H18F3N3. The number of hydrogen-bond acceptors (Lipinski definition) is 3. The van der Waals surface area contributed by atoms with Gasteiger partial charge in [0.05, 0.1) is 10.9 Å². The average molecular weight is 381 g/mol. The van der Waals surface area contributed by atoms with Crippen LogP contribution in [0.25, 0.3) is 24.2 Å².